The molecule has 0 spiro atoms. The van der Waals surface area contributed by atoms with E-state index in [9.17, 15) is 0 Å². The van der Waals surface area contributed by atoms with Gasteiger partial charge in [0.15, 0.2) is 17.5 Å². The number of nitrogens with zero attached hydrogens (tertiary/aromatic N) is 8. The zero-order valence-corrected chi connectivity index (χ0v) is 18.3. The van der Waals surface area contributed by atoms with Gasteiger partial charge in [-0.2, -0.15) is 0 Å². The molecule has 9 heteroatoms. The van der Waals surface area contributed by atoms with Crippen LogP contribution >= 0.6 is 0 Å². The topological polar surface area (TPSA) is 73.8 Å². The normalized spacial score (nSPS) is 14.5. The van der Waals surface area contributed by atoms with E-state index < -0.39 is 0 Å². The Bertz CT molecular complexity index is 1230. The largest absolute Gasteiger partial charge is 0.457 e. The Kier molecular flexibility index (Phi) is 4.46. The molecule has 33 heavy (non-hydrogen) atoms. The van der Waals surface area contributed by atoms with Crippen molar-refractivity contribution in [1.82, 2.24) is 19.9 Å². The fourth-order valence-corrected chi connectivity index (χ4v) is 4.28. The van der Waals surface area contributed by atoms with Crippen LogP contribution in [0.25, 0.3) is 0 Å². The second kappa shape index (κ2) is 7.63. The van der Waals surface area contributed by atoms with E-state index in [1.54, 1.807) is 18.7 Å². The Morgan fingerprint density at radius 2 is 1.36 bits per heavy atom. The number of benzene rings is 2. The second-order valence-corrected chi connectivity index (χ2v) is 8.07. The molecule has 2 aliphatic rings. The maximum Gasteiger partial charge on any atom is 0.178 e. The molecule has 164 valence electrons. The lowest BCUT2D eigenvalue weighted by Gasteiger charge is -2.20. The van der Waals surface area contributed by atoms with Crippen LogP contribution in [0.3, 0.4) is 0 Å². The Balaban J connectivity index is 1.27. The minimum Gasteiger partial charge on any atom is -0.457 e. The maximum atomic E-state index is 6.26. The van der Waals surface area contributed by atoms with Gasteiger partial charge in [0.2, 0.25) is 0 Å². The van der Waals surface area contributed by atoms with Gasteiger partial charge in [-0.15, -0.1) is 0 Å². The lowest BCUT2D eigenvalue weighted by molar-refractivity contribution is 0.483. The van der Waals surface area contributed by atoms with Gasteiger partial charge in [0.05, 0.1) is 19.5 Å². The van der Waals surface area contributed by atoms with Crippen LogP contribution < -0.4 is 24.3 Å². The molecule has 0 amide bonds. The summed E-state index contributed by atoms with van der Waals surface area (Å²) in [4.78, 5) is 26.0. The first-order valence-electron chi connectivity index (χ1n) is 10.6. The average Bonchev–Trinajstić information content (AvgIpc) is 3.37. The molecule has 0 radical (unpaired) electrons. The first-order chi connectivity index (χ1) is 16.2. The zero-order valence-electron chi connectivity index (χ0n) is 18.3. The molecule has 0 atom stereocenters. The Hall–Kier alpha value is -4.40. The smallest absolute Gasteiger partial charge is 0.178 e. The van der Waals surface area contributed by atoms with Crippen molar-refractivity contribution < 1.29 is 4.74 Å². The molecule has 0 saturated heterocycles. The molecule has 0 fully saturated rings. The molecule has 0 saturated carbocycles. The van der Waals surface area contributed by atoms with Crippen molar-refractivity contribution in [1.29, 1.82) is 0 Å². The van der Waals surface area contributed by atoms with E-state index in [1.807, 2.05) is 56.7 Å². The number of hydrogen-bond acceptors (Lipinski definition) is 9. The number of rotatable bonds is 4. The van der Waals surface area contributed by atoms with Crippen molar-refractivity contribution in [2.24, 2.45) is 0 Å². The molecule has 2 aromatic heterocycles. The van der Waals surface area contributed by atoms with Gasteiger partial charge in [-0.25, -0.2) is 19.9 Å². The minimum absolute atomic E-state index is 0.683. The van der Waals surface area contributed by atoms with Crippen LogP contribution in [0.4, 0.5) is 34.5 Å². The van der Waals surface area contributed by atoms with Crippen molar-refractivity contribution in [3.05, 3.63) is 73.4 Å². The SMILES string of the molecule is CN1CN(c2cccc(Oc3cccc(N4CN(C)c5nccnc54)c3)c2)c2cncnc21. The van der Waals surface area contributed by atoms with Crippen molar-refractivity contribution in [2.45, 2.75) is 0 Å². The van der Waals surface area contributed by atoms with E-state index in [2.05, 4.69) is 51.7 Å². The first-order valence-corrected chi connectivity index (χ1v) is 10.6. The molecule has 9 nitrogen and oxygen atoms in total. The molecule has 6 rings (SSSR count). The monoisotopic (exact) mass is 438 g/mol. The summed E-state index contributed by atoms with van der Waals surface area (Å²) in [5.74, 6) is 4.15. The molecule has 0 bridgehead atoms. The van der Waals surface area contributed by atoms with Gasteiger partial charge in [0, 0.05) is 50.0 Å². The Morgan fingerprint density at radius 3 is 2.12 bits per heavy atom. The molecular weight excluding hydrogens is 416 g/mol. The fraction of sp³-hybridized carbons (Fsp3) is 0.167. The van der Waals surface area contributed by atoms with Crippen LogP contribution in [0.5, 0.6) is 11.5 Å². The first kappa shape index (κ1) is 19.3. The minimum atomic E-state index is 0.683. The predicted molar refractivity (Wildman–Crippen MR) is 128 cm³/mol. The third-order valence-corrected chi connectivity index (χ3v) is 5.80. The Morgan fingerprint density at radius 1 is 0.727 bits per heavy atom. The van der Waals surface area contributed by atoms with Gasteiger partial charge in [0.1, 0.15) is 23.5 Å². The van der Waals surface area contributed by atoms with Crippen molar-refractivity contribution in [2.75, 3.05) is 47.0 Å². The molecule has 2 aliphatic heterocycles. The fourth-order valence-electron chi connectivity index (χ4n) is 4.28. The third-order valence-electron chi connectivity index (χ3n) is 5.80. The average molecular weight is 438 g/mol. The maximum absolute atomic E-state index is 6.26. The van der Waals surface area contributed by atoms with Crippen molar-refractivity contribution in [3.8, 4) is 11.5 Å². The number of aromatic nitrogens is 4. The molecule has 4 heterocycles. The van der Waals surface area contributed by atoms with E-state index in [0.29, 0.717) is 13.3 Å². The summed E-state index contributed by atoms with van der Waals surface area (Å²) in [6.45, 7) is 1.39. The van der Waals surface area contributed by atoms with E-state index in [4.69, 9.17) is 4.74 Å². The Labute approximate surface area is 191 Å². The summed E-state index contributed by atoms with van der Waals surface area (Å²) in [6.07, 6.45) is 6.86. The summed E-state index contributed by atoms with van der Waals surface area (Å²) < 4.78 is 6.26. The highest BCUT2D eigenvalue weighted by Gasteiger charge is 2.28. The van der Waals surface area contributed by atoms with Gasteiger partial charge in [-0.1, -0.05) is 12.1 Å². The highest BCUT2D eigenvalue weighted by atomic mass is 16.5. The van der Waals surface area contributed by atoms with Crippen LogP contribution in [0, 0.1) is 0 Å². The number of ether oxygens (including phenoxy) is 1. The van der Waals surface area contributed by atoms with E-state index in [0.717, 1.165) is 46.0 Å². The third kappa shape index (κ3) is 3.34. The van der Waals surface area contributed by atoms with E-state index in [-0.39, 0.29) is 0 Å². The number of anilines is 6. The molecule has 0 N–H and O–H groups in total. The van der Waals surface area contributed by atoms with Gasteiger partial charge in [0.25, 0.3) is 0 Å². The van der Waals surface area contributed by atoms with Gasteiger partial charge in [-0.3, -0.25) is 0 Å². The molecule has 2 aromatic carbocycles. The second-order valence-electron chi connectivity index (χ2n) is 8.07. The summed E-state index contributed by atoms with van der Waals surface area (Å²) in [7, 11) is 4.04. The molecular formula is C24H22N8O. The lowest BCUT2D eigenvalue weighted by atomic mass is 10.2. The summed E-state index contributed by atoms with van der Waals surface area (Å²) in [5, 5.41) is 0. The molecule has 0 unspecified atom stereocenters. The van der Waals surface area contributed by atoms with E-state index in [1.165, 1.54) is 0 Å². The van der Waals surface area contributed by atoms with Crippen molar-refractivity contribution in [3.63, 3.8) is 0 Å². The van der Waals surface area contributed by atoms with Crippen molar-refractivity contribution >= 4 is 34.5 Å². The quantitative estimate of drug-likeness (QED) is 0.467. The highest BCUT2D eigenvalue weighted by Crippen LogP contribution is 2.40. The summed E-state index contributed by atoms with van der Waals surface area (Å²) in [6, 6.07) is 16.1. The highest BCUT2D eigenvalue weighted by molar-refractivity contribution is 5.79. The van der Waals surface area contributed by atoms with Gasteiger partial charge < -0.3 is 24.3 Å². The van der Waals surface area contributed by atoms with Crippen LogP contribution in [-0.4, -0.2) is 47.4 Å². The summed E-state index contributed by atoms with van der Waals surface area (Å²) >= 11 is 0. The van der Waals surface area contributed by atoms with E-state index >= 15 is 0 Å². The van der Waals surface area contributed by atoms with Crippen LogP contribution in [0.2, 0.25) is 0 Å². The van der Waals surface area contributed by atoms with Gasteiger partial charge in [-0.05, 0) is 24.3 Å². The number of hydrogen-bond donors (Lipinski definition) is 0. The standard InChI is InChI=1S/C24H22N8O/c1-29-15-31(21-13-25-14-28-22(21)29)17-5-3-7-19(11-17)33-20-8-4-6-18(12-20)32-16-30(2)23-24(32)27-10-9-26-23/h3-14H,15-16H2,1-2H3. The van der Waals surface area contributed by atoms with Crippen LogP contribution in [-0.2, 0) is 0 Å². The lowest BCUT2D eigenvalue weighted by Crippen LogP contribution is -2.24. The van der Waals surface area contributed by atoms with Gasteiger partial charge >= 0.3 is 0 Å². The van der Waals surface area contributed by atoms with Crippen LogP contribution in [0.1, 0.15) is 0 Å². The molecule has 4 aromatic rings. The van der Waals surface area contributed by atoms with Crippen LogP contribution in [0.15, 0.2) is 73.4 Å². The zero-order chi connectivity index (χ0) is 22.4. The molecule has 0 aliphatic carbocycles. The predicted octanol–water partition coefficient (Wildman–Crippen LogP) is 4.15. The number of fused-ring (bicyclic) bond motifs is 2. The summed E-state index contributed by atoms with van der Waals surface area (Å²) in [5.41, 5.74) is 3.01.